The molecule has 0 N–H and O–H groups in total. The van der Waals surface area contributed by atoms with E-state index in [1.54, 1.807) is 0 Å². The normalized spacial score (nSPS) is 35.6. The summed E-state index contributed by atoms with van der Waals surface area (Å²) in [6, 6.07) is 0. The first-order valence-corrected chi connectivity index (χ1v) is 8.71. The summed E-state index contributed by atoms with van der Waals surface area (Å²) in [5, 5.41) is 0.651. The molecule has 1 rings (SSSR count). The van der Waals surface area contributed by atoms with E-state index in [0.717, 1.165) is 23.5 Å². The zero-order chi connectivity index (χ0) is 10.6. The molecule has 1 saturated carbocycles. The Bertz CT molecular complexity index is 166. The highest BCUT2D eigenvalue weighted by Crippen LogP contribution is 2.41. The minimum atomic E-state index is 0.651. The van der Waals surface area contributed by atoms with Crippen molar-refractivity contribution >= 4 is 43.3 Å². The van der Waals surface area contributed by atoms with Crippen LogP contribution in [0.4, 0.5) is 0 Å². The third kappa shape index (κ3) is 3.70. The topological polar surface area (TPSA) is 0 Å². The first-order valence-electron chi connectivity index (χ1n) is 5.20. The summed E-state index contributed by atoms with van der Waals surface area (Å²) in [7, 11) is 14.6. The maximum atomic E-state index is 5.91. The van der Waals surface area contributed by atoms with E-state index >= 15 is 0 Å². The summed E-state index contributed by atoms with van der Waals surface area (Å²) < 4.78 is 0. The fourth-order valence-corrected chi connectivity index (χ4v) is 4.63. The van der Waals surface area contributed by atoms with Crippen molar-refractivity contribution in [2.45, 2.75) is 38.4 Å². The van der Waals surface area contributed by atoms with Crippen LogP contribution in [0.25, 0.3) is 0 Å². The molecule has 0 aromatic rings. The highest BCUT2D eigenvalue weighted by molar-refractivity contribution is 8.21. The van der Waals surface area contributed by atoms with E-state index in [-0.39, 0.29) is 0 Å². The van der Waals surface area contributed by atoms with Gasteiger partial charge in [-0.2, -0.15) is 0 Å². The van der Waals surface area contributed by atoms with Crippen LogP contribution >= 0.6 is 43.3 Å². The predicted molar refractivity (Wildman–Crippen MR) is 71.2 cm³/mol. The van der Waals surface area contributed by atoms with Crippen LogP contribution in [-0.2, 0) is 0 Å². The van der Waals surface area contributed by atoms with Crippen molar-refractivity contribution in [1.82, 2.24) is 0 Å². The zero-order valence-corrected chi connectivity index (χ0v) is 11.9. The van der Waals surface area contributed by atoms with Gasteiger partial charge in [0.25, 0.3) is 0 Å². The highest BCUT2D eigenvalue weighted by Gasteiger charge is 2.30. The van der Waals surface area contributed by atoms with Crippen LogP contribution in [-0.4, -0.2) is 11.0 Å². The molecule has 0 aromatic heterocycles. The van der Waals surface area contributed by atoms with Crippen molar-refractivity contribution in [2.24, 2.45) is 17.8 Å². The molecule has 0 nitrogen and oxygen atoms in total. The van der Waals surface area contributed by atoms with Gasteiger partial charge in [0.05, 0.1) is 0 Å². The highest BCUT2D eigenvalue weighted by atomic mass is 35.7. The Kier molecular flexibility index (Phi) is 6.46. The second-order valence-corrected chi connectivity index (χ2v) is 6.96. The van der Waals surface area contributed by atoms with E-state index in [2.05, 4.69) is 13.8 Å². The van der Waals surface area contributed by atoms with E-state index in [1.807, 2.05) is 0 Å². The molecule has 4 atom stereocenters. The molecule has 0 spiro atoms. The average Bonchev–Trinajstić information content (AvgIpc) is 2.19. The van der Waals surface area contributed by atoms with E-state index in [1.165, 1.54) is 41.2 Å². The molecule has 0 saturated heterocycles. The van der Waals surface area contributed by atoms with Gasteiger partial charge in [-0.3, -0.25) is 0 Å². The van der Waals surface area contributed by atoms with Crippen LogP contribution in [0.15, 0.2) is 0 Å². The fourth-order valence-electron chi connectivity index (χ4n) is 2.19. The Balaban J connectivity index is 2.41. The molecule has 0 amide bonds. The number of rotatable bonds is 4. The molecule has 1 aliphatic carbocycles. The molecular weight excluding hydrogens is 255 g/mol. The number of hydrogen-bond acceptors (Lipinski definition) is 2. The summed E-state index contributed by atoms with van der Waals surface area (Å²) >= 11 is 0. The smallest absolute Gasteiger partial charge is 0.0228 e. The molecule has 14 heavy (non-hydrogen) atoms. The second-order valence-electron chi connectivity index (χ2n) is 4.43. The maximum Gasteiger partial charge on any atom is 0.0228 e. The van der Waals surface area contributed by atoms with Gasteiger partial charge in [0.15, 0.2) is 0 Å². The van der Waals surface area contributed by atoms with Gasteiger partial charge in [-0.15, -0.1) is 0 Å². The Morgan fingerprint density at radius 3 is 2.64 bits per heavy atom. The Labute approximate surface area is 105 Å². The van der Waals surface area contributed by atoms with Crippen molar-refractivity contribution in [2.75, 3.05) is 5.75 Å². The predicted octanol–water partition coefficient (Wildman–Crippen LogP) is 5.20. The molecule has 0 aliphatic heterocycles. The molecule has 0 heterocycles. The van der Waals surface area contributed by atoms with Crippen LogP contribution in [0.5, 0.6) is 0 Å². The van der Waals surface area contributed by atoms with E-state index in [9.17, 15) is 0 Å². The molecule has 1 aliphatic rings. The average molecular weight is 273 g/mol. The summed E-state index contributed by atoms with van der Waals surface area (Å²) in [6.07, 6.45) is 3.95. The van der Waals surface area contributed by atoms with Gasteiger partial charge in [0.2, 0.25) is 0 Å². The summed E-state index contributed by atoms with van der Waals surface area (Å²) in [5.74, 6) is 3.41. The Morgan fingerprint density at radius 2 is 2.07 bits per heavy atom. The van der Waals surface area contributed by atoms with E-state index in [0.29, 0.717) is 5.25 Å². The summed E-state index contributed by atoms with van der Waals surface area (Å²) in [4.78, 5) is 0. The third-order valence-corrected chi connectivity index (χ3v) is 6.01. The lowest BCUT2D eigenvalue weighted by Crippen LogP contribution is -2.28. The van der Waals surface area contributed by atoms with Crippen LogP contribution in [0.1, 0.15) is 33.1 Å². The maximum absolute atomic E-state index is 5.91. The quantitative estimate of drug-likeness (QED) is 0.690. The van der Waals surface area contributed by atoms with Gasteiger partial charge in [0.1, 0.15) is 0 Å². The zero-order valence-electron chi connectivity index (χ0n) is 8.71. The van der Waals surface area contributed by atoms with Crippen molar-refractivity contribution in [3.63, 3.8) is 0 Å². The van der Waals surface area contributed by atoms with Crippen LogP contribution in [0.2, 0.25) is 0 Å². The van der Waals surface area contributed by atoms with Crippen molar-refractivity contribution in [3.05, 3.63) is 0 Å². The van der Waals surface area contributed by atoms with Gasteiger partial charge >= 0.3 is 0 Å². The van der Waals surface area contributed by atoms with Crippen molar-refractivity contribution in [3.8, 4) is 0 Å². The SMILES string of the molecule is CC(CSCl)C1CCC(C)C(SCl)C1. The monoisotopic (exact) mass is 272 g/mol. The van der Waals surface area contributed by atoms with Crippen LogP contribution in [0.3, 0.4) is 0 Å². The third-order valence-electron chi connectivity index (χ3n) is 3.41. The second kappa shape index (κ2) is 6.78. The summed E-state index contributed by atoms with van der Waals surface area (Å²) in [6.45, 7) is 4.63. The van der Waals surface area contributed by atoms with Gasteiger partial charge in [-0.1, -0.05) is 35.8 Å². The van der Waals surface area contributed by atoms with Gasteiger partial charge in [-0.25, -0.2) is 0 Å². The van der Waals surface area contributed by atoms with Crippen LogP contribution in [0, 0.1) is 17.8 Å². The molecule has 0 aromatic carbocycles. The lowest BCUT2D eigenvalue weighted by Gasteiger charge is -2.35. The molecule has 0 radical (unpaired) electrons. The minimum Gasteiger partial charge on any atom is -0.0614 e. The molecule has 1 fully saturated rings. The largest absolute Gasteiger partial charge is 0.0614 e. The first kappa shape index (κ1) is 13.3. The van der Waals surface area contributed by atoms with Crippen LogP contribution < -0.4 is 0 Å². The Morgan fingerprint density at radius 1 is 1.36 bits per heavy atom. The standard InChI is InChI=1S/C10H18Cl2S2/c1-7-3-4-9(5-10(7)14-12)8(2)6-13-11/h7-10H,3-6H2,1-2H3. The fraction of sp³-hybridized carbons (Fsp3) is 1.00. The van der Waals surface area contributed by atoms with Crippen molar-refractivity contribution in [1.29, 1.82) is 0 Å². The van der Waals surface area contributed by atoms with Gasteiger partial charge in [-0.05, 0) is 58.4 Å². The van der Waals surface area contributed by atoms with Gasteiger partial charge in [0, 0.05) is 11.0 Å². The molecule has 4 unspecified atom stereocenters. The first-order chi connectivity index (χ1) is 6.69. The number of halogens is 2. The van der Waals surface area contributed by atoms with Crippen molar-refractivity contribution < 1.29 is 0 Å². The molecule has 4 heteroatoms. The van der Waals surface area contributed by atoms with E-state index in [4.69, 9.17) is 21.4 Å². The molecule has 84 valence electrons. The number of hydrogen-bond donors (Lipinski definition) is 0. The Hall–Kier alpha value is 1.28. The lowest BCUT2D eigenvalue weighted by atomic mass is 9.77. The summed E-state index contributed by atoms with van der Waals surface area (Å²) in [5.41, 5.74) is 0. The lowest BCUT2D eigenvalue weighted by molar-refractivity contribution is 0.245. The minimum absolute atomic E-state index is 0.651. The molecule has 0 bridgehead atoms. The molecular formula is C10H18Cl2S2. The van der Waals surface area contributed by atoms with Gasteiger partial charge < -0.3 is 0 Å². The van der Waals surface area contributed by atoms with E-state index < -0.39 is 0 Å².